The summed E-state index contributed by atoms with van der Waals surface area (Å²) in [6, 6.07) is 10.9. The van der Waals surface area contributed by atoms with Crippen LogP contribution in [0.3, 0.4) is 0 Å². The first-order valence-corrected chi connectivity index (χ1v) is 12.2. The second-order valence-electron chi connectivity index (χ2n) is 9.37. The second kappa shape index (κ2) is 11.9. The van der Waals surface area contributed by atoms with E-state index in [1.165, 1.54) is 6.92 Å². The zero-order valence-electron chi connectivity index (χ0n) is 20.7. The highest BCUT2D eigenvalue weighted by Crippen LogP contribution is 2.39. The van der Waals surface area contributed by atoms with Gasteiger partial charge in [0.25, 0.3) is 0 Å². The number of hydrogen-bond acceptors (Lipinski definition) is 4. The molecule has 1 aliphatic rings. The zero-order valence-corrected chi connectivity index (χ0v) is 20.7. The molecule has 3 atom stereocenters. The molecule has 3 rings (SSSR count). The third-order valence-corrected chi connectivity index (χ3v) is 6.76. The molecule has 0 amide bonds. The van der Waals surface area contributed by atoms with Crippen LogP contribution in [0.2, 0.25) is 0 Å². The van der Waals surface area contributed by atoms with Gasteiger partial charge >= 0.3 is 18.3 Å². The largest absolute Gasteiger partial charge is 0.466 e. The van der Waals surface area contributed by atoms with Gasteiger partial charge in [0.05, 0.1) is 36.0 Å². The maximum absolute atomic E-state index is 13.3. The molecule has 204 valence electrons. The Labute approximate surface area is 212 Å². The van der Waals surface area contributed by atoms with Crippen LogP contribution in [0.4, 0.5) is 26.3 Å². The van der Waals surface area contributed by atoms with Gasteiger partial charge in [-0.15, -0.1) is 0 Å². The lowest BCUT2D eigenvalue weighted by Gasteiger charge is -2.42. The molecule has 0 aromatic heterocycles. The van der Waals surface area contributed by atoms with E-state index in [0.29, 0.717) is 44.5 Å². The van der Waals surface area contributed by atoms with Crippen LogP contribution in [0, 0.1) is 5.92 Å². The third kappa shape index (κ3) is 7.70. The zero-order chi connectivity index (χ0) is 27.3. The first-order valence-electron chi connectivity index (χ1n) is 12.2. The number of carbonyl (C=O) groups is 1. The minimum absolute atomic E-state index is 0.0420. The Morgan fingerprint density at radius 1 is 1.05 bits per heavy atom. The van der Waals surface area contributed by atoms with Gasteiger partial charge in [-0.05, 0) is 74.9 Å². The summed E-state index contributed by atoms with van der Waals surface area (Å²) in [5.74, 6) is -0.0321. The van der Waals surface area contributed by atoms with Crippen LogP contribution in [0.1, 0.15) is 67.9 Å². The van der Waals surface area contributed by atoms with Gasteiger partial charge in [0.15, 0.2) is 0 Å². The van der Waals surface area contributed by atoms with E-state index in [9.17, 15) is 31.1 Å². The minimum Gasteiger partial charge on any atom is -0.466 e. The molecule has 1 heterocycles. The van der Waals surface area contributed by atoms with Gasteiger partial charge in [-0.25, -0.2) is 0 Å². The summed E-state index contributed by atoms with van der Waals surface area (Å²) in [6.07, 6.45) is -8.53. The Kier molecular flexibility index (Phi) is 9.28. The van der Waals surface area contributed by atoms with E-state index < -0.39 is 35.1 Å². The number of alkyl halides is 6. The van der Waals surface area contributed by atoms with Gasteiger partial charge in [0.1, 0.15) is 0 Å². The van der Waals surface area contributed by atoms with Crippen LogP contribution >= 0.6 is 0 Å². The first-order chi connectivity index (χ1) is 17.3. The van der Waals surface area contributed by atoms with Crippen LogP contribution in [-0.4, -0.2) is 25.7 Å². The summed E-state index contributed by atoms with van der Waals surface area (Å²) in [6.45, 7) is 4.14. The molecule has 37 heavy (non-hydrogen) atoms. The van der Waals surface area contributed by atoms with Gasteiger partial charge < -0.3 is 14.8 Å². The molecule has 1 fully saturated rings. The summed E-state index contributed by atoms with van der Waals surface area (Å²) in [7, 11) is 0. The Balaban J connectivity index is 1.77. The molecule has 4 nitrogen and oxygen atoms in total. The van der Waals surface area contributed by atoms with E-state index in [2.05, 4.69) is 5.32 Å². The Hall–Kier alpha value is -2.59. The monoisotopic (exact) mass is 531 g/mol. The molecule has 10 heteroatoms. The van der Waals surface area contributed by atoms with Crippen LogP contribution in [0.15, 0.2) is 48.5 Å². The van der Waals surface area contributed by atoms with Crippen molar-refractivity contribution in [3.8, 4) is 0 Å². The standard InChI is InChI=1S/C27H31F6NO3/c1-3-36-24(35)10-9-19-11-12-25(34-16-19,21-7-5-4-6-8-21)17-37-18(2)20-13-22(26(28,29)30)15-23(14-20)27(31,32)33/h4-8,13-15,18-19,34H,3,9-12,16-17H2,1-2H3/t18?,19-,25+/m0/s1. The predicted octanol–water partition coefficient (Wildman–Crippen LogP) is 7.04. The normalized spacial score (nSPS) is 21.5. The lowest BCUT2D eigenvalue weighted by molar-refractivity contribution is -0.144. The molecule has 0 aliphatic carbocycles. The lowest BCUT2D eigenvalue weighted by atomic mass is 9.78. The Bertz CT molecular complexity index is 998. The van der Waals surface area contributed by atoms with Crippen molar-refractivity contribution in [1.29, 1.82) is 0 Å². The van der Waals surface area contributed by atoms with Crippen molar-refractivity contribution in [3.63, 3.8) is 0 Å². The van der Waals surface area contributed by atoms with E-state index in [1.807, 2.05) is 30.3 Å². The van der Waals surface area contributed by atoms with Crippen LogP contribution < -0.4 is 5.32 Å². The fourth-order valence-electron chi connectivity index (χ4n) is 4.57. The summed E-state index contributed by atoms with van der Waals surface area (Å²) in [5.41, 5.74) is -2.71. The third-order valence-electron chi connectivity index (χ3n) is 6.76. The van der Waals surface area contributed by atoms with Crippen molar-refractivity contribution in [2.75, 3.05) is 19.8 Å². The topological polar surface area (TPSA) is 47.6 Å². The number of benzene rings is 2. The number of piperidine rings is 1. The van der Waals surface area contributed by atoms with Crippen LogP contribution in [0.25, 0.3) is 0 Å². The molecular formula is C27H31F6NO3. The molecule has 2 aromatic rings. The highest BCUT2D eigenvalue weighted by molar-refractivity contribution is 5.69. The summed E-state index contributed by atoms with van der Waals surface area (Å²) < 4.78 is 90.8. The molecule has 0 spiro atoms. The fraction of sp³-hybridized carbons (Fsp3) is 0.519. The molecule has 0 saturated carbocycles. The van der Waals surface area contributed by atoms with Gasteiger partial charge in [-0.1, -0.05) is 30.3 Å². The van der Waals surface area contributed by atoms with Gasteiger partial charge in [0, 0.05) is 6.42 Å². The van der Waals surface area contributed by atoms with Crippen molar-refractivity contribution >= 4 is 5.97 Å². The summed E-state index contributed by atoms with van der Waals surface area (Å²) in [5, 5.41) is 3.50. The molecule has 1 aliphatic heterocycles. The average molecular weight is 532 g/mol. The van der Waals surface area contributed by atoms with E-state index >= 15 is 0 Å². The number of esters is 1. The summed E-state index contributed by atoms with van der Waals surface area (Å²) >= 11 is 0. The number of halogens is 6. The van der Waals surface area contributed by atoms with Crippen LogP contribution in [0.5, 0.6) is 0 Å². The first kappa shape index (κ1) is 29.0. The van der Waals surface area contributed by atoms with Crippen molar-refractivity contribution in [2.45, 2.75) is 63.5 Å². The van der Waals surface area contributed by atoms with E-state index in [0.717, 1.165) is 12.0 Å². The molecule has 2 aromatic carbocycles. The number of hydrogen-bond donors (Lipinski definition) is 1. The van der Waals surface area contributed by atoms with Crippen molar-refractivity contribution < 1.29 is 40.6 Å². The SMILES string of the molecule is CCOC(=O)CC[C@H]1CC[C@@](COC(C)c2cc(C(F)(F)F)cc(C(F)(F)F)c2)(c2ccccc2)NC1. The summed E-state index contributed by atoms with van der Waals surface area (Å²) in [4.78, 5) is 11.7. The number of ether oxygens (including phenoxy) is 2. The maximum Gasteiger partial charge on any atom is 0.416 e. The molecule has 0 bridgehead atoms. The molecule has 1 saturated heterocycles. The van der Waals surface area contributed by atoms with Gasteiger partial charge in [-0.2, -0.15) is 26.3 Å². The minimum atomic E-state index is -4.93. The highest BCUT2D eigenvalue weighted by atomic mass is 19.4. The van der Waals surface area contributed by atoms with E-state index in [-0.39, 0.29) is 30.1 Å². The van der Waals surface area contributed by atoms with E-state index in [1.54, 1.807) is 6.92 Å². The Morgan fingerprint density at radius 2 is 1.68 bits per heavy atom. The second-order valence-corrected chi connectivity index (χ2v) is 9.37. The number of nitrogens with one attached hydrogen (secondary N) is 1. The van der Waals surface area contributed by atoms with Crippen molar-refractivity contribution in [3.05, 3.63) is 70.8 Å². The number of rotatable bonds is 9. The average Bonchev–Trinajstić information content (AvgIpc) is 2.86. The molecule has 1 unspecified atom stereocenters. The molecular weight excluding hydrogens is 500 g/mol. The van der Waals surface area contributed by atoms with Crippen molar-refractivity contribution in [1.82, 2.24) is 5.32 Å². The Morgan fingerprint density at radius 3 is 2.19 bits per heavy atom. The van der Waals surface area contributed by atoms with Crippen LogP contribution in [-0.2, 0) is 32.2 Å². The quantitative estimate of drug-likeness (QED) is 0.279. The fourth-order valence-corrected chi connectivity index (χ4v) is 4.57. The number of carbonyl (C=O) groups excluding carboxylic acids is 1. The lowest BCUT2D eigenvalue weighted by Crippen LogP contribution is -2.52. The molecule has 1 N–H and O–H groups in total. The smallest absolute Gasteiger partial charge is 0.416 e. The highest BCUT2D eigenvalue weighted by Gasteiger charge is 2.39. The maximum atomic E-state index is 13.3. The van der Waals surface area contributed by atoms with Crippen molar-refractivity contribution in [2.24, 2.45) is 5.92 Å². The van der Waals surface area contributed by atoms with Gasteiger partial charge in [-0.3, -0.25) is 4.79 Å². The molecule has 0 radical (unpaired) electrons. The van der Waals surface area contributed by atoms with Gasteiger partial charge in [0.2, 0.25) is 0 Å². The predicted molar refractivity (Wildman–Crippen MR) is 126 cm³/mol. The van der Waals surface area contributed by atoms with E-state index in [4.69, 9.17) is 9.47 Å².